The van der Waals surface area contributed by atoms with E-state index in [1.54, 1.807) is 12.1 Å². The van der Waals surface area contributed by atoms with Gasteiger partial charge in [0.2, 0.25) is 5.56 Å². The molecule has 1 aromatic rings. The summed E-state index contributed by atoms with van der Waals surface area (Å²) in [5.74, 6) is 0.549. The van der Waals surface area contributed by atoms with E-state index in [9.17, 15) is 9.59 Å². The zero-order chi connectivity index (χ0) is 11.5. The van der Waals surface area contributed by atoms with Crippen LogP contribution in [0.15, 0.2) is 23.0 Å². The van der Waals surface area contributed by atoms with Crippen molar-refractivity contribution in [3.63, 3.8) is 0 Å². The van der Waals surface area contributed by atoms with E-state index in [0.717, 1.165) is 25.9 Å². The molecule has 4 nitrogen and oxygen atoms in total. The number of nitrogens with one attached hydrogen (secondary N) is 1. The van der Waals surface area contributed by atoms with Crippen LogP contribution in [-0.2, 0) is 0 Å². The number of pyridine rings is 1. The van der Waals surface area contributed by atoms with Crippen LogP contribution in [0.25, 0.3) is 0 Å². The zero-order valence-electron chi connectivity index (χ0n) is 9.40. The van der Waals surface area contributed by atoms with Crippen molar-refractivity contribution in [1.82, 2.24) is 9.88 Å². The minimum absolute atomic E-state index is 0.0614. The van der Waals surface area contributed by atoms with E-state index >= 15 is 0 Å². The third kappa shape index (κ3) is 2.15. The van der Waals surface area contributed by atoms with Crippen molar-refractivity contribution in [2.45, 2.75) is 19.8 Å². The van der Waals surface area contributed by atoms with Crippen LogP contribution in [0.3, 0.4) is 0 Å². The summed E-state index contributed by atoms with van der Waals surface area (Å²) in [6.07, 6.45) is 2.17. The Labute approximate surface area is 94.3 Å². The maximum Gasteiger partial charge on any atom is 0.270 e. The third-order valence-corrected chi connectivity index (χ3v) is 3.15. The molecular formula is C12H16N2O2. The Hall–Kier alpha value is -1.58. The first-order valence-corrected chi connectivity index (χ1v) is 5.69. The van der Waals surface area contributed by atoms with Crippen LogP contribution in [0.1, 0.15) is 30.3 Å². The molecule has 1 aromatic heterocycles. The lowest BCUT2D eigenvalue weighted by atomic mass is 10.1. The molecule has 1 saturated heterocycles. The van der Waals surface area contributed by atoms with Gasteiger partial charge in [-0.3, -0.25) is 9.59 Å². The molecule has 1 atom stereocenters. The fourth-order valence-corrected chi connectivity index (χ4v) is 2.09. The van der Waals surface area contributed by atoms with Gasteiger partial charge in [0.05, 0.1) is 0 Å². The number of aromatic amines is 1. The van der Waals surface area contributed by atoms with Gasteiger partial charge in [-0.2, -0.15) is 0 Å². The molecule has 16 heavy (non-hydrogen) atoms. The molecule has 2 rings (SSSR count). The first kappa shape index (κ1) is 10.9. The normalized spacial score (nSPS) is 20.1. The van der Waals surface area contributed by atoms with Gasteiger partial charge in [0.1, 0.15) is 5.69 Å². The fourth-order valence-electron chi connectivity index (χ4n) is 2.09. The average molecular weight is 220 g/mol. The zero-order valence-corrected chi connectivity index (χ0v) is 9.40. The quantitative estimate of drug-likeness (QED) is 0.815. The largest absolute Gasteiger partial charge is 0.337 e. The van der Waals surface area contributed by atoms with Gasteiger partial charge in [0.25, 0.3) is 5.91 Å². The van der Waals surface area contributed by atoms with E-state index in [-0.39, 0.29) is 11.5 Å². The number of carbonyl (C=O) groups excluding carboxylic acids is 1. The maximum atomic E-state index is 12.0. The highest BCUT2D eigenvalue weighted by atomic mass is 16.2. The third-order valence-electron chi connectivity index (χ3n) is 3.15. The van der Waals surface area contributed by atoms with Crippen LogP contribution in [0, 0.1) is 5.92 Å². The number of rotatable bonds is 2. The van der Waals surface area contributed by atoms with Crippen LogP contribution < -0.4 is 5.56 Å². The molecule has 0 saturated carbocycles. The van der Waals surface area contributed by atoms with Crippen molar-refractivity contribution in [2.75, 3.05) is 13.1 Å². The SMILES string of the molecule is CCC1CCN(C(=O)c2cccc(=O)[nH]2)C1. The minimum atomic E-state index is -0.225. The highest BCUT2D eigenvalue weighted by molar-refractivity contribution is 5.92. The Kier molecular flexibility index (Phi) is 3.08. The molecule has 1 N–H and O–H groups in total. The topological polar surface area (TPSA) is 53.2 Å². The lowest BCUT2D eigenvalue weighted by Gasteiger charge is -2.15. The molecule has 1 aliphatic heterocycles. The second kappa shape index (κ2) is 4.51. The van der Waals surface area contributed by atoms with Gasteiger partial charge in [-0.25, -0.2) is 0 Å². The first-order valence-electron chi connectivity index (χ1n) is 5.69. The number of hydrogen-bond donors (Lipinski definition) is 1. The smallest absolute Gasteiger partial charge is 0.270 e. The van der Waals surface area contributed by atoms with Crippen LogP contribution in [0.4, 0.5) is 0 Å². The summed E-state index contributed by atoms with van der Waals surface area (Å²) in [5.41, 5.74) is 0.168. The number of nitrogens with zero attached hydrogens (tertiary/aromatic N) is 1. The Morgan fingerprint density at radius 1 is 1.56 bits per heavy atom. The molecule has 1 aliphatic rings. The number of likely N-dealkylation sites (tertiary alicyclic amines) is 1. The van der Waals surface area contributed by atoms with E-state index in [2.05, 4.69) is 11.9 Å². The Morgan fingerprint density at radius 2 is 2.38 bits per heavy atom. The van der Waals surface area contributed by atoms with Crippen molar-refractivity contribution in [3.8, 4) is 0 Å². The van der Waals surface area contributed by atoms with Gasteiger partial charge in [-0.05, 0) is 18.4 Å². The van der Waals surface area contributed by atoms with E-state index < -0.39 is 0 Å². The van der Waals surface area contributed by atoms with Crippen molar-refractivity contribution in [1.29, 1.82) is 0 Å². The fraction of sp³-hybridized carbons (Fsp3) is 0.500. The average Bonchev–Trinajstić information content (AvgIpc) is 2.76. The summed E-state index contributed by atoms with van der Waals surface area (Å²) in [6, 6.07) is 4.68. The number of carbonyl (C=O) groups is 1. The molecule has 86 valence electrons. The number of H-pyrrole nitrogens is 1. The van der Waals surface area contributed by atoms with Crippen LogP contribution in [0.5, 0.6) is 0 Å². The van der Waals surface area contributed by atoms with Crippen molar-refractivity contribution in [2.24, 2.45) is 5.92 Å². The van der Waals surface area contributed by atoms with Gasteiger partial charge in [0, 0.05) is 19.2 Å². The molecule has 0 aliphatic carbocycles. The summed E-state index contributed by atoms with van der Waals surface area (Å²) in [7, 11) is 0. The van der Waals surface area contributed by atoms with Gasteiger partial charge in [-0.1, -0.05) is 19.4 Å². The van der Waals surface area contributed by atoms with Crippen LogP contribution in [-0.4, -0.2) is 28.9 Å². The van der Waals surface area contributed by atoms with E-state index in [1.165, 1.54) is 6.07 Å². The predicted octanol–water partition coefficient (Wildman–Crippen LogP) is 1.25. The molecule has 0 radical (unpaired) electrons. The first-order chi connectivity index (χ1) is 7.70. The molecule has 4 heteroatoms. The summed E-state index contributed by atoms with van der Waals surface area (Å²) in [6.45, 7) is 3.75. The predicted molar refractivity (Wildman–Crippen MR) is 61.4 cm³/mol. The monoisotopic (exact) mass is 220 g/mol. The Balaban J connectivity index is 2.11. The molecule has 1 fully saturated rings. The molecule has 0 aromatic carbocycles. The Morgan fingerprint density at radius 3 is 3.00 bits per heavy atom. The van der Waals surface area contributed by atoms with Crippen LogP contribution >= 0.6 is 0 Å². The lowest BCUT2D eigenvalue weighted by Crippen LogP contribution is -2.30. The molecule has 0 bridgehead atoms. The Bertz CT molecular complexity index is 439. The summed E-state index contributed by atoms with van der Waals surface area (Å²) >= 11 is 0. The van der Waals surface area contributed by atoms with Crippen molar-refractivity contribution in [3.05, 3.63) is 34.2 Å². The van der Waals surface area contributed by atoms with E-state index in [4.69, 9.17) is 0 Å². The van der Waals surface area contributed by atoms with Gasteiger partial charge < -0.3 is 9.88 Å². The van der Waals surface area contributed by atoms with Gasteiger partial charge in [0.15, 0.2) is 0 Å². The van der Waals surface area contributed by atoms with Crippen molar-refractivity contribution < 1.29 is 4.79 Å². The second-order valence-corrected chi connectivity index (χ2v) is 4.24. The molecule has 2 heterocycles. The molecule has 0 spiro atoms. The van der Waals surface area contributed by atoms with Gasteiger partial charge in [-0.15, -0.1) is 0 Å². The van der Waals surface area contributed by atoms with Crippen LogP contribution in [0.2, 0.25) is 0 Å². The van der Waals surface area contributed by atoms with E-state index in [0.29, 0.717) is 11.6 Å². The molecular weight excluding hydrogens is 204 g/mol. The molecule has 1 amide bonds. The summed E-state index contributed by atoms with van der Waals surface area (Å²) in [4.78, 5) is 27.5. The second-order valence-electron chi connectivity index (χ2n) is 4.24. The van der Waals surface area contributed by atoms with Crippen molar-refractivity contribution >= 4 is 5.91 Å². The van der Waals surface area contributed by atoms with Gasteiger partial charge >= 0.3 is 0 Å². The summed E-state index contributed by atoms with van der Waals surface area (Å²) < 4.78 is 0. The lowest BCUT2D eigenvalue weighted by molar-refractivity contribution is 0.0781. The molecule has 1 unspecified atom stereocenters. The minimum Gasteiger partial charge on any atom is -0.337 e. The maximum absolute atomic E-state index is 12.0. The standard InChI is InChI=1S/C12H16N2O2/c1-2-9-6-7-14(8-9)12(16)10-4-3-5-11(15)13-10/h3-5,9H,2,6-8H2,1H3,(H,13,15). The highest BCUT2D eigenvalue weighted by Gasteiger charge is 2.25. The number of amides is 1. The number of hydrogen-bond acceptors (Lipinski definition) is 2. The van der Waals surface area contributed by atoms with E-state index in [1.807, 2.05) is 4.90 Å². The number of aromatic nitrogens is 1. The summed E-state index contributed by atoms with van der Waals surface area (Å²) in [5, 5.41) is 0. The highest BCUT2D eigenvalue weighted by Crippen LogP contribution is 2.20.